The lowest BCUT2D eigenvalue weighted by Crippen LogP contribution is -2.29. The van der Waals surface area contributed by atoms with Crippen molar-refractivity contribution in [1.82, 2.24) is 9.59 Å². The largest absolute Gasteiger partial charge is 0.299 e. The summed E-state index contributed by atoms with van der Waals surface area (Å²) in [5, 5.41) is 4.17. The second-order valence-corrected chi connectivity index (χ2v) is 5.61. The number of carbonyl (C=O) groups excluding carboxylic acids is 2. The summed E-state index contributed by atoms with van der Waals surface area (Å²) in [5.41, 5.74) is 1.15. The van der Waals surface area contributed by atoms with Gasteiger partial charge in [-0.2, -0.15) is 0 Å². The first-order valence-electron chi connectivity index (χ1n) is 5.21. The van der Waals surface area contributed by atoms with Gasteiger partial charge >= 0.3 is 0 Å². The molecular formula is C11H5Cl2N3O2S. The van der Waals surface area contributed by atoms with E-state index >= 15 is 0 Å². The van der Waals surface area contributed by atoms with E-state index in [1.807, 2.05) is 0 Å². The van der Waals surface area contributed by atoms with Crippen LogP contribution in [0.1, 0.15) is 16.1 Å². The summed E-state index contributed by atoms with van der Waals surface area (Å²) in [6.07, 6.45) is 0. The van der Waals surface area contributed by atoms with Crippen molar-refractivity contribution in [3.8, 4) is 0 Å². The molecule has 1 amide bonds. The van der Waals surface area contributed by atoms with Crippen LogP contribution in [0.5, 0.6) is 0 Å². The van der Waals surface area contributed by atoms with E-state index in [0.29, 0.717) is 26.3 Å². The van der Waals surface area contributed by atoms with Crippen molar-refractivity contribution in [2.24, 2.45) is 0 Å². The first-order valence-corrected chi connectivity index (χ1v) is 6.74. The van der Waals surface area contributed by atoms with Crippen molar-refractivity contribution in [2.75, 3.05) is 4.90 Å². The number of Topliss-reactive ketones (excluding diaryl/α,β-unsaturated/α-hetero) is 1. The summed E-state index contributed by atoms with van der Waals surface area (Å²) in [6, 6.07) is 4.83. The molecule has 96 valence electrons. The van der Waals surface area contributed by atoms with Crippen molar-refractivity contribution in [3.05, 3.63) is 38.8 Å². The highest BCUT2D eigenvalue weighted by Gasteiger charge is 2.37. The van der Waals surface area contributed by atoms with E-state index in [4.69, 9.17) is 23.2 Å². The predicted molar refractivity (Wildman–Crippen MR) is 71.9 cm³/mol. The molecule has 5 nitrogen and oxygen atoms in total. The van der Waals surface area contributed by atoms with Crippen molar-refractivity contribution in [3.63, 3.8) is 0 Å². The van der Waals surface area contributed by atoms with E-state index in [1.165, 1.54) is 4.90 Å². The van der Waals surface area contributed by atoms with Gasteiger partial charge in [0.25, 0.3) is 11.7 Å². The van der Waals surface area contributed by atoms with Gasteiger partial charge in [0.15, 0.2) is 0 Å². The Balaban J connectivity index is 2.07. The number of benzene rings is 1. The van der Waals surface area contributed by atoms with Crippen LogP contribution in [0.4, 0.5) is 5.69 Å². The van der Waals surface area contributed by atoms with E-state index in [-0.39, 0.29) is 6.54 Å². The number of nitrogens with zero attached hydrogens (tertiary/aromatic N) is 3. The Morgan fingerprint density at radius 2 is 2.05 bits per heavy atom. The number of hydrogen-bond acceptors (Lipinski definition) is 5. The molecule has 3 rings (SSSR count). The van der Waals surface area contributed by atoms with Crippen molar-refractivity contribution >= 4 is 52.1 Å². The van der Waals surface area contributed by atoms with Gasteiger partial charge in [-0.05, 0) is 12.1 Å². The number of amides is 1. The third-order valence-corrected chi connectivity index (χ3v) is 4.05. The SMILES string of the molecule is O=C1C(=O)N(Cc2nnsc2Cl)c2c(Cl)cccc21. The van der Waals surface area contributed by atoms with Crippen molar-refractivity contribution in [2.45, 2.75) is 6.54 Å². The fourth-order valence-corrected chi connectivity index (χ4v) is 2.79. The van der Waals surface area contributed by atoms with Crippen LogP contribution in [0.3, 0.4) is 0 Å². The molecule has 0 N–H and O–H groups in total. The minimum atomic E-state index is -0.632. The molecule has 2 heterocycles. The minimum Gasteiger partial charge on any atom is -0.297 e. The molecular weight excluding hydrogens is 309 g/mol. The molecule has 2 aromatic rings. The van der Waals surface area contributed by atoms with Gasteiger partial charge < -0.3 is 0 Å². The molecule has 0 spiro atoms. The molecule has 1 aliphatic heterocycles. The Bertz CT molecular complexity index is 701. The van der Waals surface area contributed by atoms with Crippen LogP contribution >= 0.6 is 34.7 Å². The van der Waals surface area contributed by atoms with Gasteiger partial charge in [0.05, 0.1) is 22.8 Å². The van der Waals surface area contributed by atoms with Crippen molar-refractivity contribution in [1.29, 1.82) is 0 Å². The number of para-hydroxylation sites is 1. The van der Waals surface area contributed by atoms with E-state index in [0.717, 1.165) is 11.5 Å². The van der Waals surface area contributed by atoms with Crippen LogP contribution in [0.25, 0.3) is 0 Å². The third kappa shape index (κ3) is 1.92. The van der Waals surface area contributed by atoms with Crippen LogP contribution < -0.4 is 4.90 Å². The average Bonchev–Trinajstić information content (AvgIpc) is 2.89. The third-order valence-electron chi connectivity index (χ3n) is 2.76. The summed E-state index contributed by atoms with van der Waals surface area (Å²) in [7, 11) is 0. The minimum absolute atomic E-state index is 0.0800. The van der Waals surface area contributed by atoms with E-state index in [1.54, 1.807) is 18.2 Å². The molecule has 0 radical (unpaired) electrons. The molecule has 0 saturated heterocycles. The van der Waals surface area contributed by atoms with E-state index < -0.39 is 11.7 Å². The van der Waals surface area contributed by atoms with Crippen LogP contribution in [0.15, 0.2) is 18.2 Å². The Morgan fingerprint density at radius 1 is 1.26 bits per heavy atom. The molecule has 1 aliphatic rings. The molecule has 1 aromatic carbocycles. The van der Waals surface area contributed by atoms with Crippen LogP contribution in [-0.2, 0) is 11.3 Å². The Labute approximate surface area is 121 Å². The van der Waals surface area contributed by atoms with Crippen LogP contribution in [0.2, 0.25) is 9.36 Å². The molecule has 0 unspecified atom stereocenters. The van der Waals surface area contributed by atoms with Gasteiger partial charge in [-0.3, -0.25) is 14.5 Å². The Hall–Kier alpha value is -1.50. The first-order chi connectivity index (χ1) is 9.09. The normalized spacial score (nSPS) is 14.1. The molecule has 0 bridgehead atoms. The van der Waals surface area contributed by atoms with E-state index in [2.05, 4.69) is 9.59 Å². The smallest absolute Gasteiger partial charge is 0.297 e. The highest BCUT2D eigenvalue weighted by Crippen LogP contribution is 2.37. The summed E-state index contributed by atoms with van der Waals surface area (Å²) >= 11 is 13.0. The Morgan fingerprint density at radius 3 is 2.74 bits per heavy atom. The molecule has 8 heteroatoms. The number of anilines is 1. The number of halogens is 2. The molecule has 19 heavy (non-hydrogen) atoms. The number of hydrogen-bond donors (Lipinski definition) is 0. The summed E-state index contributed by atoms with van der Waals surface area (Å²) < 4.78 is 4.08. The predicted octanol–water partition coefficient (Wildman–Crippen LogP) is 2.57. The van der Waals surface area contributed by atoms with Gasteiger partial charge in [-0.25, -0.2) is 0 Å². The molecule has 1 aromatic heterocycles. The molecule has 0 aliphatic carbocycles. The fraction of sp³-hybridized carbons (Fsp3) is 0.0909. The highest BCUT2D eigenvalue weighted by atomic mass is 35.5. The lowest BCUT2D eigenvalue weighted by molar-refractivity contribution is -0.114. The molecule has 0 fully saturated rings. The van der Waals surface area contributed by atoms with Gasteiger partial charge in [0.2, 0.25) is 0 Å². The second-order valence-electron chi connectivity index (χ2n) is 3.85. The average molecular weight is 314 g/mol. The van der Waals surface area contributed by atoms with Gasteiger partial charge in [-0.15, -0.1) is 5.10 Å². The first kappa shape index (κ1) is 12.5. The number of rotatable bonds is 2. The number of fused-ring (bicyclic) bond motifs is 1. The van der Waals surface area contributed by atoms with Gasteiger partial charge in [-0.1, -0.05) is 33.8 Å². The quantitative estimate of drug-likeness (QED) is 0.799. The summed E-state index contributed by atoms with van der Waals surface area (Å²) in [5.74, 6) is -1.20. The molecule has 0 saturated carbocycles. The topological polar surface area (TPSA) is 63.2 Å². The number of ketones is 1. The monoisotopic (exact) mass is 313 g/mol. The zero-order chi connectivity index (χ0) is 13.6. The maximum Gasteiger partial charge on any atom is 0.299 e. The van der Waals surface area contributed by atoms with Crippen molar-refractivity contribution < 1.29 is 9.59 Å². The van der Waals surface area contributed by atoms with Gasteiger partial charge in [0.1, 0.15) is 10.0 Å². The lowest BCUT2D eigenvalue weighted by atomic mass is 10.1. The summed E-state index contributed by atoms with van der Waals surface area (Å²) in [6.45, 7) is 0.0800. The van der Waals surface area contributed by atoms with Crippen LogP contribution in [-0.4, -0.2) is 21.3 Å². The lowest BCUT2D eigenvalue weighted by Gasteiger charge is -2.16. The zero-order valence-corrected chi connectivity index (χ0v) is 11.6. The van der Waals surface area contributed by atoms with E-state index in [9.17, 15) is 9.59 Å². The maximum atomic E-state index is 12.0. The second kappa shape index (κ2) is 4.56. The van der Waals surface area contributed by atoms with Gasteiger partial charge in [0, 0.05) is 11.5 Å². The maximum absolute atomic E-state index is 12.0. The number of aromatic nitrogens is 2. The standard InChI is InChI=1S/C11H5Cl2N3O2S/c12-6-3-1-2-5-8(6)16(11(18)9(5)17)4-7-10(13)19-15-14-7/h1-3H,4H2. The summed E-state index contributed by atoms with van der Waals surface area (Å²) in [4.78, 5) is 25.1. The fourth-order valence-electron chi connectivity index (χ4n) is 1.90. The Kier molecular flexibility index (Phi) is 3.00. The molecule has 0 atom stereocenters. The van der Waals surface area contributed by atoms with Crippen LogP contribution in [0, 0.1) is 0 Å². The zero-order valence-electron chi connectivity index (χ0n) is 9.26. The highest BCUT2D eigenvalue weighted by molar-refractivity contribution is 7.10. The number of carbonyl (C=O) groups is 2.